The minimum Gasteiger partial charge on any atom is -0.399 e. The Morgan fingerprint density at radius 3 is 2.38 bits per heavy atom. The number of nitrogen functional groups attached to an aromatic ring is 1. The number of hydrogen-bond donors (Lipinski definition) is 1. The zero-order valence-electron chi connectivity index (χ0n) is 12.2. The van der Waals surface area contributed by atoms with Gasteiger partial charge in [0.2, 0.25) is 0 Å². The van der Waals surface area contributed by atoms with E-state index in [1.165, 1.54) is 25.7 Å². The van der Waals surface area contributed by atoms with Crippen molar-refractivity contribution in [3.8, 4) is 0 Å². The molecule has 1 saturated carbocycles. The first-order chi connectivity index (χ1) is 10.1. The molecule has 1 aromatic rings. The van der Waals surface area contributed by atoms with Crippen LogP contribution < -0.4 is 5.73 Å². The van der Waals surface area contributed by atoms with Gasteiger partial charge >= 0.3 is 0 Å². The maximum atomic E-state index is 12.5. The van der Waals surface area contributed by atoms with E-state index in [1.54, 1.807) is 18.2 Å². The van der Waals surface area contributed by atoms with Gasteiger partial charge in [-0.15, -0.1) is 0 Å². The minimum absolute atomic E-state index is 0.0373. The van der Waals surface area contributed by atoms with Crippen LogP contribution in [0.3, 0.4) is 0 Å². The molecule has 1 aromatic carbocycles. The van der Waals surface area contributed by atoms with Crippen molar-refractivity contribution in [3.05, 3.63) is 28.8 Å². The molecule has 2 N–H and O–H groups in total. The second kappa shape index (κ2) is 6.24. The highest BCUT2D eigenvalue weighted by Crippen LogP contribution is 2.25. The van der Waals surface area contributed by atoms with Gasteiger partial charge in [0.1, 0.15) is 0 Å². The van der Waals surface area contributed by atoms with Crippen molar-refractivity contribution in [2.45, 2.75) is 31.7 Å². The van der Waals surface area contributed by atoms with Gasteiger partial charge in [0, 0.05) is 48.5 Å². The zero-order chi connectivity index (χ0) is 14.8. The van der Waals surface area contributed by atoms with E-state index in [0.717, 1.165) is 32.2 Å². The van der Waals surface area contributed by atoms with Gasteiger partial charge in [0.05, 0.1) is 0 Å². The van der Waals surface area contributed by atoms with E-state index in [0.29, 0.717) is 16.3 Å². The molecule has 3 rings (SSSR count). The Bertz CT molecular complexity index is 500. The fourth-order valence-electron chi connectivity index (χ4n) is 3.48. The summed E-state index contributed by atoms with van der Waals surface area (Å²) in [6, 6.07) is 5.81. The second-order valence-electron chi connectivity index (χ2n) is 6.04. The standard InChI is InChI=1S/C16H22ClN3O/c17-13-9-12(10-14(18)11-13)16(21)20-7-5-19(6-8-20)15-3-1-2-4-15/h9-11,15H,1-8,18H2. The largest absolute Gasteiger partial charge is 0.399 e. The molecule has 1 heterocycles. The zero-order valence-corrected chi connectivity index (χ0v) is 13.0. The monoisotopic (exact) mass is 307 g/mol. The van der Waals surface area contributed by atoms with Crippen molar-refractivity contribution in [3.63, 3.8) is 0 Å². The number of amides is 1. The lowest BCUT2D eigenvalue weighted by Gasteiger charge is -2.38. The Labute approximate surface area is 130 Å². The number of benzene rings is 1. The highest BCUT2D eigenvalue weighted by Gasteiger charge is 2.28. The van der Waals surface area contributed by atoms with Crippen LogP contribution in [-0.4, -0.2) is 47.9 Å². The van der Waals surface area contributed by atoms with Gasteiger partial charge < -0.3 is 10.6 Å². The van der Waals surface area contributed by atoms with Crippen LogP contribution in [0.4, 0.5) is 5.69 Å². The Hall–Kier alpha value is -1.26. The summed E-state index contributed by atoms with van der Waals surface area (Å²) < 4.78 is 0. The number of carbonyl (C=O) groups is 1. The van der Waals surface area contributed by atoms with E-state index >= 15 is 0 Å². The number of piperazine rings is 1. The lowest BCUT2D eigenvalue weighted by atomic mass is 10.1. The van der Waals surface area contributed by atoms with Crippen LogP contribution in [0.15, 0.2) is 18.2 Å². The molecule has 1 amide bonds. The van der Waals surface area contributed by atoms with Crippen LogP contribution in [0.25, 0.3) is 0 Å². The highest BCUT2D eigenvalue weighted by molar-refractivity contribution is 6.31. The van der Waals surface area contributed by atoms with Crippen molar-refractivity contribution in [2.75, 3.05) is 31.9 Å². The van der Waals surface area contributed by atoms with Gasteiger partial charge in [-0.1, -0.05) is 24.4 Å². The summed E-state index contributed by atoms with van der Waals surface area (Å²) in [6.07, 6.45) is 5.34. The van der Waals surface area contributed by atoms with Crippen LogP contribution in [0.5, 0.6) is 0 Å². The average Bonchev–Trinajstić information content (AvgIpc) is 3.00. The van der Waals surface area contributed by atoms with E-state index < -0.39 is 0 Å². The number of anilines is 1. The maximum absolute atomic E-state index is 12.5. The van der Waals surface area contributed by atoms with Crippen LogP contribution in [0, 0.1) is 0 Å². The molecule has 2 fully saturated rings. The third kappa shape index (κ3) is 3.33. The minimum atomic E-state index is 0.0373. The summed E-state index contributed by atoms with van der Waals surface area (Å²) in [5.74, 6) is 0.0373. The molecule has 4 nitrogen and oxygen atoms in total. The Morgan fingerprint density at radius 1 is 1.10 bits per heavy atom. The van der Waals surface area contributed by atoms with Crippen LogP contribution >= 0.6 is 11.6 Å². The first kappa shape index (κ1) is 14.7. The third-order valence-corrected chi connectivity index (χ3v) is 4.83. The summed E-state index contributed by atoms with van der Waals surface area (Å²) in [7, 11) is 0. The van der Waals surface area contributed by atoms with Crippen LogP contribution in [0.2, 0.25) is 5.02 Å². The Morgan fingerprint density at radius 2 is 1.76 bits per heavy atom. The fourth-order valence-corrected chi connectivity index (χ4v) is 3.72. The predicted molar refractivity (Wildman–Crippen MR) is 85.6 cm³/mol. The molecule has 0 bridgehead atoms. The Kier molecular flexibility index (Phi) is 4.36. The molecule has 0 radical (unpaired) electrons. The molecular formula is C16H22ClN3O. The van der Waals surface area contributed by atoms with Crippen molar-refractivity contribution >= 4 is 23.2 Å². The van der Waals surface area contributed by atoms with Gasteiger partial charge in [0.15, 0.2) is 0 Å². The lowest BCUT2D eigenvalue weighted by Crippen LogP contribution is -2.51. The number of carbonyl (C=O) groups excluding carboxylic acids is 1. The van der Waals surface area contributed by atoms with Gasteiger partial charge in [-0.2, -0.15) is 0 Å². The van der Waals surface area contributed by atoms with Crippen molar-refractivity contribution in [2.24, 2.45) is 0 Å². The number of hydrogen-bond acceptors (Lipinski definition) is 3. The molecule has 1 aliphatic heterocycles. The molecule has 1 saturated heterocycles. The second-order valence-corrected chi connectivity index (χ2v) is 6.48. The van der Waals surface area contributed by atoms with Gasteiger partial charge in [-0.25, -0.2) is 0 Å². The summed E-state index contributed by atoms with van der Waals surface area (Å²) in [6.45, 7) is 3.54. The van der Waals surface area contributed by atoms with Crippen LogP contribution in [0.1, 0.15) is 36.0 Å². The topological polar surface area (TPSA) is 49.6 Å². The van der Waals surface area contributed by atoms with Gasteiger partial charge in [-0.05, 0) is 31.0 Å². The van der Waals surface area contributed by atoms with Crippen LogP contribution in [-0.2, 0) is 0 Å². The molecule has 0 unspecified atom stereocenters. The molecule has 114 valence electrons. The van der Waals surface area contributed by atoms with Crippen molar-refractivity contribution in [1.82, 2.24) is 9.80 Å². The summed E-state index contributed by atoms with van der Waals surface area (Å²) in [4.78, 5) is 17.0. The highest BCUT2D eigenvalue weighted by atomic mass is 35.5. The molecule has 0 atom stereocenters. The number of nitrogens with zero attached hydrogens (tertiary/aromatic N) is 2. The molecule has 2 aliphatic rings. The summed E-state index contributed by atoms with van der Waals surface area (Å²) in [5, 5.41) is 0.517. The van der Waals surface area contributed by atoms with Gasteiger partial charge in [0.25, 0.3) is 5.91 Å². The number of halogens is 1. The van der Waals surface area contributed by atoms with E-state index in [9.17, 15) is 4.79 Å². The molecule has 21 heavy (non-hydrogen) atoms. The average molecular weight is 308 g/mol. The molecule has 1 aliphatic carbocycles. The lowest BCUT2D eigenvalue weighted by molar-refractivity contribution is 0.0573. The van der Waals surface area contributed by atoms with E-state index in [4.69, 9.17) is 17.3 Å². The molecular weight excluding hydrogens is 286 g/mol. The van der Waals surface area contributed by atoms with Gasteiger partial charge in [-0.3, -0.25) is 9.69 Å². The third-order valence-electron chi connectivity index (χ3n) is 4.61. The molecule has 5 heteroatoms. The van der Waals surface area contributed by atoms with E-state index in [2.05, 4.69) is 4.90 Å². The predicted octanol–water partition coefficient (Wildman–Crippen LogP) is 2.62. The maximum Gasteiger partial charge on any atom is 0.254 e. The number of rotatable bonds is 2. The summed E-state index contributed by atoms with van der Waals surface area (Å²) in [5.41, 5.74) is 6.90. The smallest absolute Gasteiger partial charge is 0.254 e. The quantitative estimate of drug-likeness (QED) is 0.855. The van der Waals surface area contributed by atoms with Crippen molar-refractivity contribution < 1.29 is 4.79 Å². The Balaban J connectivity index is 1.62. The SMILES string of the molecule is Nc1cc(Cl)cc(C(=O)N2CCN(C3CCCC3)CC2)c1. The fraction of sp³-hybridized carbons (Fsp3) is 0.562. The molecule has 0 spiro atoms. The van der Waals surface area contributed by atoms with E-state index in [-0.39, 0.29) is 5.91 Å². The molecule has 0 aromatic heterocycles. The van der Waals surface area contributed by atoms with Crippen molar-refractivity contribution in [1.29, 1.82) is 0 Å². The first-order valence-electron chi connectivity index (χ1n) is 7.73. The first-order valence-corrected chi connectivity index (χ1v) is 8.11. The normalized spacial score (nSPS) is 20.9. The summed E-state index contributed by atoms with van der Waals surface area (Å²) >= 11 is 5.98. The van der Waals surface area contributed by atoms with E-state index in [1.807, 2.05) is 4.90 Å². The number of nitrogens with two attached hydrogens (primary N) is 1.